The van der Waals surface area contributed by atoms with Crippen LogP contribution in [0, 0.1) is 5.82 Å². The Morgan fingerprint density at radius 2 is 1.95 bits per heavy atom. The molecule has 1 aliphatic heterocycles. The van der Waals surface area contributed by atoms with Crippen LogP contribution in [0.1, 0.15) is 12.0 Å². The van der Waals surface area contributed by atoms with Gasteiger partial charge in [0.15, 0.2) is 0 Å². The number of piperazine rings is 1. The van der Waals surface area contributed by atoms with Crippen molar-refractivity contribution < 1.29 is 14.0 Å². The van der Waals surface area contributed by atoms with Crippen molar-refractivity contribution in [3.63, 3.8) is 0 Å². The van der Waals surface area contributed by atoms with Gasteiger partial charge in [-0.15, -0.1) is 0 Å². The Hall–Kier alpha value is -1.95. The summed E-state index contributed by atoms with van der Waals surface area (Å²) in [7, 11) is 1.83. The van der Waals surface area contributed by atoms with Crippen LogP contribution < -0.4 is 5.73 Å². The van der Waals surface area contributed by atoms with Gasteiger partial charge in [-0.2, -0.15) is 0 Å². The number of rotatable bonds is 4. The summed E-state index contributed by atoms with van der Waals surface area (Å²) >= 11 is 0. The summed E-state index contributed by atoms with van der Waals surface area (Å²) in [4.78, 5) is 27.1. The first-order chi connectivity index (χ1) is 9.97. The van der Waals surface area contributed by atoms with Crippen molar-refractivity contribution in [3.05, 3.63) is 35.6 Å². The molecule has 0 spiro atoms. The fraction of sp³-hybridized carbons (Fsp3) is 0.467. The van der Waals surface area contributed by atoms with Gasteiger partial charge in [0.1, 0.15) is 11.9 Å². The van der Waals surface area contributed by atoms with E-state index in [0.717, 1.165) is 5.56 Å². The zero-order chi connectivity index (χ0) is 15.4. The fourth-order valence-electron chi connectivity index (χ4n) is 2.47. The minimum atomic E-state index is -0.423. The number of aryl methyl sites for hydroxylation is 1. The standard InChI is InChI=1S/C15H20FN3O2/c1-18-8-9-19(10-13(18)15(17)21)14(20)7-4-11-2-5-12(16)6-3-11/h2-3,5-6,13H,4,7-10H2,1H3,(H2,17,21). The van der Waals surface area contributed by atoms with E-state index in [1.165, 1.54) is 12.1 Å². The molecular formula is C15H20FN3O2. The molecule has 0 saturated carbocycles. The van der Waals surface area contributed by atoms with E-state index in [0.29, 0.717) is 32.5 Å². The molecular weight excluding hydrogens is 273 g/mol. The number of benzene rings is 1. The third kappa shape index (κ3) is 4.01. The lowest BCUT2D eigenvalue weighted by atomic mass is 10.1. The van der Waals surface area contributed by atoms with Gasteiger partial charge in [-0.05, 0) is 31.2 Å². The average Bonchev–Trinajstić information content (AvgIpc) is 2.46. The topological polar surface area (TPSA) is 66.6 Å². The SMILES string of the molecule is CN1CCN(C(=O)CCc2ccc(F)cc2)CC1C(N)=O. The minimum absolute atomic E-state index is 0.00123. The quantitative estimate of drug-likeness (QED) is 0.873. The maximum Gasteiger partial charge on any atom is 0.236 e. The average molecular weight is 293 g/mol. The van der Waals surface area contributed by atoms with Crippen molar-refractivity contribution in [3.8, 4) is 0 Å². The number of carbonyl (C=O) groups is 2. The van der Waals surface area contributed by atoms with Crippen LogP contribution in [0.15, 0.2) is 24.3 Å². The monoisotopic (exact) mass is 293 g/mol. The normalized spacial score (nSPS) is 19.5. The van der Waals surface area contributed by atoms with Gasteiger partial charge in [0.25, 0.3) is 0 Å². The van der Waals surface area contributed by atoms with Crippen LogP contribution in [0.2, 0.25) is 0 Å². The molecule has 6 heteroatoms. The van der Waals surface area contributed by atoms with Gasteiger partial charge in [-0.25, -0.2) is 4.39 Å². The third-order valence-corrected chi connectivity index (χ3v) is 3.87. The van der Waals surface area contributed by atoms with Crippen molar-refractivity contribution in [2.45, 2.75) is 18.9 Å². The molecule has 1 aromatic carbocycles. The minimum Gasteiger partial charge on any atom is -0.368 e. The zero-order valence-electron chi connectivity index (χ0n) is 12.1. The lowest BCUT2D eigenvalue weighted by Crippen LogP contribution is -2.57. The Kier molecular flexibility index (Phi) is 4.90. The number of carbonyl (C=O) groups excluding carboxylic acids is 2. The van der Waals surface area contributed by atoms with Gasteiger partial charge >= 0.3 is 0 Å². The van der Waals surface area contributed by atoms with E-state index in [4.69, 9.17) is 5.73 Å². The summed E-state index contributed by atoms with van der Waals surface area (Å²) in [5.74, 6) is -0.694. The molecule has 2 amide bonds. The van der Waals surface area contributed by atoms with Crippen molar-refractivity contribution in [2.24, 2.45) is 5.73 Å². The van der Waals surface area contributed by atoms with Crippen LogP contribution in [-0.4, -0.2) is 54.3 Å². The molecule has 0 radical (unpaired) electrons. The summed E-state index contributed by atoms with van der Waals surface area (Å²) in [6.45, 7) is 1.58. The van der Waals surface area contributed by atoms with Crippen LogP contribution in [0.25, 0.3) is 0 Å². The molecule has 0 aromatic heterocycles. The van der Waals surface area contributed by atoms with Gasteiger partial charge in [-0.3, -0.25) is 14.5 Å². The van der Waals surface area contributed by atoms with Crippen LogP contribution in [0.3, 0.4) is 0 Å². The predicted octanol–water partition coefficient (Wildman–Crippen LogP) is 0.386. The molecule has 1 aliphatic rings. The highest BCUT2D eigenvalue weighted by molar-refractivity contribution is 5.82. The van der Waals surface area contributed by atoms with Gasteiger partial charge < -0.3 is 10.6 Å². The molecule has 21 heavy (non-hydrogen) atoms. The second-order valence-electron chi connectivity index (χ2n) is 5.36. The number of nitrogens with zero attached hydrogens (tertiary/aromatic N) is 2. The van der Waals surface area contributed by atoms with Gasteiger partial charge in [0, 0.05) is 26.1 Å². The fourth-order valence-corrected chi connectivity index (χ4v) is 2.47. The van der Waals surface area contributed by atoms with Crippen LogP contribution in [0.4, 0.5) is 4.39 Å². The maximum atomic E-state index is 12.8. The Labute approximate surface area is 123 Å². The largest absolute Gasteiger partial charge is 0.368 e. The van der Waals surface area contributed by atoms with Crippen molar-refractivity contribution in [1.29, 1.82) is 0 Å². The highest BCUT2D eigenvalue weighted by Crippen LogP contribution is 2.11. The third-order valence-electron chi connectivity index (χ3n) is 3.87. The number of halogens is 1. The van der Waals surface area contributed by atoms with Crippen LogP contribution in [-0.2, 0) is 16.0 Å². The molecule has 1 saturated heterocycles. The van der Waals surface area contributed by atoms with E-state index < -0.39 is 11.9 Å². The van der Waals surface area contributed by atoms with E-state index in [1.54, 1.807) is 17.0 Å². The zero-order valence-corrected chi connectivity index (χ0v) is 12.1. The summed E-state index contributed by atoms with van der Waals surface area (Å²) in [5.41, 5.74) is 6.27. The van der Waals surface area contributed by atoms with Crippen molar-refractivity contribution in [1.82, 2.24) is 9.80 Å². The molecule has 1 fully saturated rings. The lowest BCUT2D eigenvalue weighted by molar-refractivity contribution is -0.136. The van der Waals surface area contributed by atoms with Crippen molar-refractivity contribution >= 4 is 11.8 Å². The molecule has 5 nitrogen and oxygen atoms in total. The van der Waals surface area contributed by atoms with E-state index >= 15 is 0 Å². The predicted molar refractivity (Wildman–Crippen MR) is 76.9 cm³/mol. The summed E-state index contributed by atoms with van der Waals surface area (Å²) in [5, 5.41) is 0. The smallest absolute Gasteiger partial charge is 0.236 e. The van der Waals surface area contributed by atoms with E-state index in [2.05, 4.69) is 0 Å². The lowest BCUT2D eigenvalue weighted by Gasteiger charge is -2.37. The highest BCUT2D eigenvalue weighted by Gasteiger charge is 2.30. The molecule has 0 bridgehead atoms. The number of primary amides is 1. The molecule has 114 valence electrons. The molecule has 1 unspecified atom stereocenters. The molecule has 0 aliphatic carbocycles. The van der Waals surface area contributed by atoms with E-state index in [-0.39, 0.29) is 11.7 Å². The van der Waals surface area contributed by atoms with E-state index in [1.807, 2.05) is 11.9 Å². The first-order valence-corrected chi connectivity index (χ1v) is 6.99. The molecule has 1 aromatic rings. The second-order valence-corrected chi connectivity index (χ2v) is 5.36. The summed E-state index contributed by atoms with van der Waals surface area (Å²) in [6, 6.07) is 5.71. The first-order valence-electron chi connectivity index (χ1n) is 6.99. The maximum absolute atomic E-state index is 12.8. The molecule has 1 heterocycles. The highest BCUT2D eigenvalue weighted by atomic mass is 19.1. The summed E-state index contributed by atoms with van der Waals surface area (Å²) < 4.78 is 12.8. The van der Waals surface area contributed by atoms with Crippen molar-refractivity contribution in [2.75, 3.05) is 26.7 Å². The number of likely N-dealkylation sites (N-methyl/N-ethyl adjacent to an activating group) is 1. The molecule has 2 N–H and O–H groups in total. The number of hydrogen-bond donors (Lipinski definition) is 1. The number of amides is 2. The second kappa shape index (κ2) is 6.67. The number of nitrogens with two attached hydrogens (primary N) is 1. The van der Waals surface area contributed by atoms with Gasteiger partial charge in [0.2, 0.25) is 11.8 Å². The van der Waals surface area contributed by atoms with Gasteiger partial charge in [0.05, 0.1) is 0 Å². The van der Waals surface area contributed by atoms with Crippen LogP contribution >= 0.6 is 0 Å². The molecule has 2 rings (SSSR count). The first kappa shape index (κ1) is 15.4. The Morgan fingerprint density at radius 3 is 2.57 bits per heavy atom. The number of hydrogen-bond acceptors (Lipinski definition) is 3. The Balaban J connectivity index is 1.88. The Morgan fingerprint density at radius 1 is 1.29 bits per heavy atom. The van der Waals surface area contributed by atoms with Gasteiger partial charge in [-0.1, -0.05) is 12.1 Å². The summed E-state index contributed by atoms with van der Waals surface area (Å²) in [6.07, 6.45) is 0.910. The van der Waals surface area contributed by atoms with Crippen LogP contribution in [0.5, 0.6) is 0 Å². The van der Waals surface area contributed by atoms with E-state index in [9.17, 15) is 14.0 Å². The molecule has 1 atom stereocenters. The Bertz CT molecular complexity index is 518.